The molecule has 4 nitrogen and oxygen atoms in total. The van der Waals surface area contributed by atoms with E-state index in [9.17, 15) is 4.79 Å². The van der Waals surface area contributed by atoms with Gasteiger partial charge in [0.1, 0.15) is 5.01 Å². The molecule has 1 heterocycles. The summed E-state index contributed by atoms with van der Waals surface area (Å²) in [5.41, 5.74) is 14.5. The number of rotatable bonds is 4. The molecule has 0 bridgehead atoms. The van der Waals surface area contributed by atoms with Crippen LogP contribution in [0, 0.1) is 0 Å². The summed E-state index contributed by atoms with van der Waals surface area (Å²) in [5, 5.41) is 0.849. The van der Waals surface area contributed by atoms with Gasteiger partial charge in [-0.2, -0.15) is 0 Å². The van der Waals surface area contributed by atoms with Crippen molar-refractivity contribution in [2.75, 3.05) is 5.73 Å². The van der Waals surface area contributed by atoms with Gasteiger partial charge in [-0.05, 0) is 42.8 Å². The lowest BCUT2D eigenvalue weighted by atomic mass is 10.1. The Morgan fingerprint density at radius 3 is 2.61 bits per heavy atom. The van der Waals surface area contributed by atoms with E-state index >= 15 is 0 Å². The van der Waals surface area contributed by atoms with Crippen LogP contribution >= 0.6 is 11.3 Å². The average molecular weight is 323 g/mol. The third-order valence-corrected chi connectivity index (χ3v) is 4.46. The number of nitrogens with zero attached hydrogens (tertiary/aromatic N) is 1. The van der Waals surface area contributed by atoms with E-state index in [0.717, 1.165) is 26.5 Å². The molecule has 1 atom stereocenters. The molecule has 1 aromatic heterocycles. The van der Waals surface area contributed by atoms with Gasteiger partial charge >= 0.3 is 0 Å². The summed E-state index contributed by atoms with van der Waals surface area (Å²) in [6, 6.07) is 12.7. The molecular formula is C18H17N3OS. The van der Waals surface area contributed by atoms with Crippen LogP contribution in [0.3, 0.4) is 0 Å². The highest BCUT2D eigenvalue weighted by Crippen LogP contribution is 2.27. The van der Waals surface area contributed by atoms with Crippen LogP contribution in [0.25, 0.3) is 22.4 Å². The van der Waals surface area contributed by atoms with Crippen molar-refractivity contribution in [3.8, 4) is 0 Å². The molecule has 4 N–H and O–H groups in total. The van der Waals surface area contributed by atoms with Crippen LogP contribution in [-0.4, -0.2) is 16.8 Å². The second-order valence-corrected chi connectivity index (χ2v) is 6.42. The SMILES string of the molecule is C[C@H](N)C(=O)c1cccc2sc(C=Cc3ccc(N)cc3)nc12. The highest BCUT2D eigenvalue weighted by Gasteiger charge is 2.16. The summed E-state index contributed by atoms with van der Waals surface area (Å²) >= 11 is 1.55. The second-order valence-electron chi connectivity index (χ2n) is 5.36. The zero-order valence-corrected chi connectivity index (χ0v) is 13.5. The first-order valence-electron chi connectivity index (χ1n) is 7.27. The van der Waals surface area contributed by atoms with Crippen molar-refractivity contribution in [3.05, 3.63) is 58.6 Å². The summed E-state index contributed by atoms with van der Waals surface area (Å²) in [6.45, 7) is 1.69. The van der Waals surface area contributed by atoms with Gasteiger partial charge < -0.3 is 11.5 Å². The standard InChI is InChI=1S/C18H17N3OS/c1-11(19)18(22)14-3-2-4-15-17(14)21-16(23-15)10-7-12-5-8-13(20)9-6-12/h2-11H,19-20H2,1H3/t11-/m0/s1. The molecule has 3 aromatic rings. The number of benzene rings is 2. The molecule has 0 fully saturated rings. The predicted molar refractivity (Wildman–Crippen MR) is 97.4 cm³/mol. The summed E-state index contributed by atoms with van der Waals surface area (Å²) < 4.78 is 0.980. The number of nitrogen functional groups attached to an aromatic ring is 1. The molecule has 3 rings (SSSR count). The highest BCUT2D eigenvalue weighted by atomic mass is 32.1. The number of anilines is 1. The van der Waals surface area contributed by atoms with Gasteiger partial charge in [0, 0.05) is 11.3 Å². The van der Waals surface area contributed by atoms with E-state index in [4.69, 9.17) is 11.5 Å². The summed E-state index contributed by atoms with van der Waals surface area (Å²) in [5.74, 6) is -0.0880. The smallest absolute Gasteiger partial charge is 0.181 e. The van der Waals surface area contributed by atoms with Crippen LogP contribution in [0.5, 0.6) is 0 Å². The number of para-hydroxylation sites is 1. The van der Waals surface area contributed by atoms with Crippen LogP contribution in [0.15, 0.2) is 42.5 Å². The van der Waals surface area contributed by atoms with Crippen molar-refractivity contribution in [1.29, 1.82) is 0 Å². The maximum absolute atomic E-state index is 12.2. The largest absolute Gasteiger partial charge is 0.399 e. The molecule has 2 aromatic carbocycles. The second kappa shape index (κ2) is 6.32. The molecule has 0 aliphatic heterocycles. The van der Waals surface area contributed by atoms with Crippen molar-refractivity contribution >= 4 is 45.2 Å². The van der Waals surface area contributed by atoms with Crippen LogP contribution in [0.4, 0.5) is 5.69 Å². The minimum atomic E-state index is -0.531. The normalized spacial score (nSPS) is 12.8. The zero-order chi connectivity index (χ0) is 16.4. The number of ketones is 1. The molecule has 0 spiro atoms. The van der Waals surface area contributed by atoms with E-state index in [2.05, 4.69) is 4.98 Å². The lowest BCUT2D eigenvalue weighted by Crippen LogP contribution is -2.26. The first-order chi connectivity index (χ1) is 11.0. The van der Waals surface area contributed by atoms with Gasteiger partial charge in [-0.3, -0.25) is 4.79 Å². The average Bonchev–Trinajstić information content (AvgIpc) is 2.96. The fraction of sp³-hybridized carbons (Fsp3) is 0.111. The van der Waals surface area contributed by atoms with Crippen molar-refractivity contribution in [1.82, 2.24) is 4.98 Å². The topological polar surface area (TPSA) is 82.0 Å². The van der Waals surface area contributed by atoms with Crippen molar-refractivity contribution in [2.45, 2.75) is 13.0 Å². The number of nitrogens with two attached hydrogens (primary N) is 2. The molecule has 116 valence electrons. The lowest BCUT2D eigenvalue weighted by molar-refractivity contribution is 0.0969. The van der Waals surface area contributed by atoms with Gasteiger partial charge in [-0.15, -0.1) is 11.3 Å². The third kappa shape index (κ3) is 3.31. The van der Waals surface area contributed by atoms with Crippen molar-refractivity contribution in [3.63, 3.8) is 0 Å². The molecule has 23 heavy (non-hydrogen) atoms. The fourth-order valence-corrected chi connectivity index (χ4v) is 3.15. The van der Waals surface area contributed by atoms with E-state index in [1.165, 1.54) is 0 Å². The van der Waals surface area contributed by atoms with E-state index in [1.807, 2.05) is 48.6 Å². The first kappa shape index (κ1) is 15.4. The molecule has 0 radical (unpaired) electrons. The number of fused-ring (bicyclic) bond motifs is 1. The molecule has 0 unspecified atom stereocenters. The number of hydrogen-bond acceptors (Lipinski definition) is 5. The van der Waals surface area contributed by atoms with Gasteiger partial charge in [-0.1, -0.05) is 24.3 Å². The van der Waals surface area contributed by atoms with E-state index in [0.29, 0.717) is 5.56 Å². The summed E-state index contributed by atoms with van der Waals surface area (Å²) in [4.78, 5) is 16.8. The number of aromatic nitrogens is 1. The fourth-order valence-electron chi connectivity index (χ4n) is 2.26. The summed E-state index contributed by atoms with van der Waals surface area (Å²) in [7, 11) is 0. The Balaban J connectivity index is 1.95. The Hall–Kier alpha value is -2.50. The van der Waals surface area contributed by atoms with Gasteiger partial charge in [0.25, 0.3) is 0 Å². The molecule has 0 aliphatic rings. The van der Waals surface area contributed by atoms with E-state index in [-0.39, 0.29) is 5.78 Å². The number of hydrogen-bond donors (Lipinski definition) is 2. The lowest BCUT2D eigenvalue weighted by Gasteiger charge is -2.04. The molecule has 0 saturated heterocycles. The maximum Gasteiger partial charge on any atom is 0.181 e. The summed E-state index contributed by atoms with van der Waals surface area (Å²) in [6.07, 6.45) is 3.92. The number of Topliss-reactive ketones (excluding diaryl/α,β-unsaturated/α-hetero) is 1. The quantitative estimate of drug-likeness (QED) is 0.568. The van der Waals surface area contributed by atoms with E-state index in [1.54, 1.807) is 24.3 Å². The monoisotopic (exact) mass is 323 g/mol. The Kier molecular flexibility index (Phi) is 4.23. The third-order valence-electron chi connectivity index (χ3n) is 3.47. The number of carbonyl (C=O) groups excluding carboxylic acids is 1. The van der Waals surface area contributed by atoms with Gasteiger partial charge in [0.15, 0.2) is 5.78 Å². The van der Waals surface area contributed by atoms with Crippen molar-refractivity contribution in [2.24, 2.45) is 5.73 Å². The Morgan fingerprint density at radius 2 is 1.91 bits per heavy atom. The van der Waals surface area contributed by atoms with Crippen molar-refractivity contribution < 1.29 is 4.79 Å². The van der Waals surface area contributed by atoms with Gasteiger partial charge in [0.05, 0.1) is 16.3 Å². The Bertz CT molecular complexity index is 879. The molecular weight excluding hydrogens is 306 g/mol. The van der Waals surface area contributed by atoms with Crippen LogP contribution in [0.2, 0.25) is 0 Å². The number of thiazole rings is 1. The number of carbonyl (C=O) groups is 1. The van der Waals surface area contributed by atoms with Crippen LogP contribution < -0.4 is 11.5 Å². The highest BCUT2D eigenvalue weighted by molar-refractivity contribution is 7.19. The zero-order valence-electron chi connectivity index (χ0n) is 12.7. The van der Waals surface area contributed by atoms with Crippen LogP contribution in [-0.2, 0) is 0 Å². The van der Waals surface area contributed by atoms with E-state index < -0.39 is 6.04 Å². The van der Waals surface area contributed by atoms with Crippen LogP contribution in [0.1, 0.15) is 27.9 Å². The molecule has 5 heteroatoms. The molecule has 0 amide bonds. The maximum atomic E-state index is 12.2. The Morgan fingerprint density at radius 1 is 1.17 bits per heavy atom. The van der Waals surface area contributed by atoms with Gasteiger partial charge in [-0.25, -0.2) is 4.98 Å². The first-order valence-corrected chi connectivity index (χ1v) is 8.09. The Labute approximate surface area is 138 Å². The van der Waals surface area contributed by atoms with Gasteiger partial charge in [0.2, 0.25) is 0 Å². The minimum absolute atomic E-state index is 0.0880. The molecule has 0 aliphatic carbocycles. The minimum Gasteiger partial charge on any atom is -0.399 e. The molecule has 0 saturated carbocycles. The predicted octanol–water partition coefficient (Wildman–Crippen LogP) is 3.58.